The number of sulfonamides is 1. The van der Waals surface area contributed by atoms with Gasteiger partial charge in [-0.3, -0.25) is 4.98 Å². The van der Waals surface area contributed by atoms with Crippen molar-refractivity contribution in [3.8, 4) is 0 Å². The third kappa shape index (κ3) is 3.55. The van der Waals surface area contributed by atoms with Gasteiger partial charge in [0.15, 0.2) is 0 Å². The molecule has 2 rings (SSSR count). The van der Waals surface area contributed by atoms with Crippen molar-refractivity contribution in [2.24, 2.45) is 0 Å². The number of rotatable bonds is 5. The van der Waals surface area contributed by atoms with Crippen LogP contribution in [-0.4, -0.2) is 19.9 Å². The molecule has 106 valence electrons. The van der Waals surface area contributed by atoms with Gasteiger partial charge in [-0.25, -0.2) is 13.1 Å². The first-order valence-electron chi connectivity index (χ1n) is 6.25. The Hall–Kier alpha value is -1.92. The number of nitrogen functional groups attached to an aromatic ring is 1. The van der Waals surface area contributed by atoms with E-state index in [1.54, 1.807) is 25.3 Å². The second-order valence-electron chi connectivity index (χ2n) is 4.49. The first kappa shape index (κ1) is 14.5. The number of hydrogen-bond donors (Lipinski definition) is 2. The van der Waals surface area contributed by atoms with Crippen molar-refractivity contribution in [3.63, 3.8) is 0 Å². The zero-order chi connectivity index (χ0) is 14.6. The number of nitrogens with two attached hydrogens (primary N) is 1. The summed E-state index contributed by atoms with van der Waals surface area (Å²) in [5.41, 5.74) is 7.66. The smallest absolute Gasteiger partial charge is 0.240 e. The molecule has 0 spiro atoms. The van der Waals surface area contributed by atoms with Crippen LogP contribution in [0.2, 0.25) is 0 Å². The lowest BCUT2D eigenvalue weighted by atomic mass is 10.2. The summed E-state index contributed by atoms with van der Waals surface area (Å²) in [5, 5.41) is 0. The molecule has 6 heteroatoms. The summed E-state index contributed by atoms with van der Waals surface area (Å²) in [6, 6.07) is 10.3. The Kier molecular flexibility index (Phi) is 4.36. The highest BCUT2D eigenvalue weighted by Crippen LogP contribution is 2.17. The number of aromatic nitrogens is 1. The molecule has 0 aliphatic carbocycles. The van der Waals surface area contributed by atoms with Crippen LogP contribution in [-0.2, 0) is 16.4 Å². The average molecular weight is 291 g/mol. The van der Waals surface area contributed by atoms with Crippen LogP contribution >= 0.6 is 0 Å². The van der Waals surface area contributed by atoms with Gasteiger partial charge in [0.05, 0.1) is 4.90 Å². The highest BCUT2D eigenvalue weighted by atomic mass is 32.2. The number of pyridine rings is 1. The lowest BCUT2D eigenvalue weighted by molar-refractivity contribution is 0.580. The third-order valence-electron chi connectivity index (χ3n) is 2.89. The lowest BCUT2D eigenvalue weighted by Gasteiger charge is -2.09. The molecule has 2 aromatic rings. The monoisotopic (exact) mass is 291 g/mol. The molecule has 0 bridgehead atoms. The molecule has 0 saturated carbocycles. The fraction of sp³-hybridized carbons (Fsp3) is 0.214. The Labute approximate surface area is 118 Å². The van der Waals surface area contributed by atoms with Crippen LogP contribution in [0.5, 0.6) is 0 Å². The summed E-state index contributed by atoms with van der Waals surface area (Å²) in [7, 11) is -3.51. The van der Waals surface area contributed by atoms with Crippen molar-refractivity contribution >= 4 is 15.7 Å². The molecule has 0 saturated heterocycles. The molecule has 1 aromatic carbocycles. The van der Waals surface area contributed by atoms with Crippen LogP contribution in [0.25, 0.3) is 0 Å². The zero-order valence-corrected chi connectivity index (χ0v) is 12.0. The van der Waals surface area contributed by atoms with E-state index >= 15 is 0 Å². The molecule has 0 aliphatic rings. The quantitative estimate of drug-likeness (QED) is 0.817. The number of anilines is 1. The van der Waals surface area contributed by atoms with E-state index < -0.39 is 10.0 Å². The predicted molar refractivity (Wildman–Crippen MR) is 78.7 cm³/mol. The van der Waals surface area contributed by atoms with Gasteiger partial charge in [0.1, 0.15) is 0 Å². The zero-order valence-electron chi connectivity index (χ0n) is 11.2. The predicted octanol–water partition coefficient (Wildman–Crippen LogP) is 1.49. The summed E-state index contributed by atoms with van der Waals surface area (Å²) in [6.07, 6.45) is 2.24. The number of nitrogens with zero attached hydrogens (tertiary/aromatic N) is 1. The molecular weight excluding hydrogens is 274 g/mol. The SMILES string of the molecule is Cc1cc(N)ccc1S(=O)(=O)NCCc1ccccn1. The molecule has 1 heterocycles. The van der Waals surface area contributed by atoms with Gasteiger partial charge in [-0.1, -0.05) is 6.07 Å². The molecule has 0 amide bonds. The second-order valence-corrected chi connectivity index (χ2v) is 6.23. The molecule has 0 unspecified atom stereocenters. The minimum Gasteiger partial charge on any atom is -0.399 e. The van der Waals surface area contributed by atoms with Gasteiger partial charge in [-0.2, -0.15) is 0 Å². The van der Waals surface area contributed by atoms with Gasteiger partial charge < -0.3 is 5.73 Å². The van der Waals surface area contributed by atoms with E-state index in [2.05, 4.69) is 9.71 Å². The van der Waals surface area contributed by atoms with Crippen LogP contribution in [0.4, 0.5) is 5.69 Å². The Morgan fingerprint density at radius 1 is 1.25 bits per heavy atom. The molecule has 0 radical (unpaired) electrons. The van der Waals surface area contributed by atoms with E-state index in [9.17, 15) is 8.42 Å². The van der Waals surface area contributed by atoms with Crippen molar-refractivity contribution in [3.05, 3.63) is 53.9 Å². The van der Waals surface area contributed by atoms with Gasteiger partial charge in [0.25, 0.3) is 0 Å². The Bertz CT molecular complexity index is 685. The summed E-state index contributed by atoms with van der Waals surface area (Å²) in [5.74, 6) is 0. The van der Waals surface area contributed by atoms with E-state index in [1.807, 2.05) is 18.2 Å². The fourth-order valence-corrected chi connectivity index (χ4v) is 3.17. The highest BCUT2D eigenvalue weighted by molar-refractivity contribution is 7.89. The van der Waals surface area contributed by atoms with Crippen molar-refractivity contribution in [1.82, 2.24) is 9.71 Å². The summed E-state index contributed by atoms with van der Waals surface area (Å²) in [4.78, 5) is 4.41. The van der Waals surface area contributed by atoms with Gasteiger partial charge in [0.2, 0.25) is 10.0 Å². The fourth-order valence-electron chi connectivity index (χ4n) is 1.91. The number of benzene rings is 1. The summed E-state index contributed by atoms with van der Waals surface area (Å²) >= 11 is 0. The molecule has 0 fully saturated rings. The molecule has 5 nitrogen and oxygen atoms in total. The first-order valence-corrected chi connectivity index (χ1v) is 7.73. The molecule has 3 N–H and O–H groups in total. The van der Waals surface area contributed by atoms with Crippen molar-refractivity contribution in [1.29, 1.82) is 0 Å². The highest BCUT2D eigenvalue weighted by Gasteiger charge is 2.16. The van der Waals surface area contributed by atoms with Crippen molar-refractivity contribution in [2.75, 3.05) is 12.3 Å². The first-order chi connectivity index (χ1) is 9.49. The van der Waals surface area contributed by atoms with Crippen LogP contribution in [0, 0.1) is 6.92 Å². The van der Waals surface area contributed by atoms with Crippen molar-refractivity contribution < 1.29 is 8.42 Å². The minimum atomic E-state index is -3.51. The summed E-state index contributed by atoms with van der Waals surface area (Å²) < 4.78 is 26.9. The van der Waals surface area contributed by atoms with Crippen molar-refractivity contribution in [2.45, 2.75) is 18.2 Å². The maximum Gasteiger partial charge on any atom is 0.240 e. The maximum absolute atomic E-state index is 12.2. The normalized spacial score (nSPS) is 11.4. The maximum atomic E-state index is 12.2. The number of hydrogen-bond acceptors (Lipinski definition) is 4. The third-order valence-corrected chi connectivity index (χ3v) is 4.51. The van der Waals surface area contributed by atoms with Gasteiger partial charge in [0, 0.05) is 30.5 Å². The largest absolute Gasteiger partial charge is 0.399 e. The van der Waals surface area contributed by atoms with Crippen LogP contribution < -0.4 is 10.5 Å². The van der Waals surface area contributed by atoms with Gasteiger partial charge >= 0.3 is 0 Å². The topological polar surface area (TPSA) is 85.1 Å². The Balaban J connectivity index is 2.04. The molecule has 1 aromatic heterocycles. The Morgan fingerprint density at radius 2 is 2.05 bits per heavy atom. The molecular formula is C14H17N3O2S. The Morgan fingerprint density at radius 3 is 2.70 bits per heavy atom. The summed E-state index contributed by atoms with van der Waals surface area (Å²) in [6.45, 7) is 2.03. The average Bonchev–Trinajstić information content (AvgIpc) is 2.39. The van der Waals surface area contributed by atoms with E-state index in [0.29, 0.717) is 24.2 Å². The van der Waals surface area contributed by atoms with Crippen LogP contribution in [0.15, 0.2) is 47.5 Å². The second kappa shape index (κ2) is 6.02. The standard InChI is InChI=1S/C14H17N3O2S/c1-11-10-12(15)5-6-14(11)20(18,19)17-9-7-13-4-2-3-8-16-13/h2-6,8,10,17H,7,9,15H2,1H3. The van der Waals surface area contributed by atoms with Crippen LogP contribution in [0.3, 0.4) is 0 Å². The van der Waals surface area contributed by atoms with E-state index in [4.69, 9.17) is 5.73 Å². The van der Waals surface area contributed by atoms with E-state index in [-0.39, 0.29) is 4.90 Å². The van der Waals surface area contributed by atoms with Gasteiger partial charge in [-0.15, -0.1) is 0 Å². The molecule has 0 atom stereocenters. The number of nitrogens with one attached hydrogen (secondary N) is 1. The number of aryl methyl sites for hydroxylation is 1. The van der Waals surface area contributed by atoms with E-state index in [0.717, 1.165) is 5.69 Å². The molecule has 20 heavy (non-hydrogen) atoms. The van der Waals surface area contributed by atoms with Crippen LogP contribution in [0.1, 0.15) is 11.3 Å². The van der Waals surface area contributed by atoms with Gasteiger partial charge in [-0.05, 0) is 42.8 Å². The van der Waals surface area contributed by atoms with E-state index in [1.165, 1.54) is 6.07 Å². The minimum absolute atomic E-state index is 0.257. The molecule has 0 aliphatic heterocycles. The lowest BCUT2D eigenvalue weighted by Crippen LogP contribution is -2.26.